The Balaban J connectivity index is 2.61. The second kappa shape index (κ2) is 6.13. The van der Waals surface area contributed by atoms with Crippen molar-refractivity contribution in [3.05, 3.63) is 30.3 Å². The molecule has 0 aromatic heterocycles. The summed E-state index contributed by atoms with van der Waals surface area (Å²) in [6.45, 7) is 0.742. The molecule has 1 rings (SSSR count). The molecular formula is C10H14N2O5S2. The van der Waals surface area contributed by atoms with E-state index in [0.717, 1.165) is 6.92 Å². The van der Waals surface area contributed by atoms with Gasteiger partial charge in [-0.1, -0.05) is 18.2 Å². The summed E-state index contributed by atoms with van der Waals surface area (Å²) in [7, 11) is -7.55. The Morgan fingerprint density at radius 2 is 1.68 bits per heavy atom. The minimum Gasteiger partial charge on any atom is -0.274 e. The highest BCUT2D eigenvalue weighted by atomic mass is 32.2. The van der Waals surface area contributed by atoms with Crippen molar-refractivity contribution in [3.63, 3.8) is 0 Å². The van der Waals surface area contributed by atoms with E-state index in [1.165, 1.54) is 12.1 Å². The molecule has 0 aliphatic carbocycles. The second-order valence-electron chi connectivity index (χ2n) is 3.69. The molecule has 1 aromatic rings. The lowest BCUT2D eigenvalue weighted by atomic mass is 10.4. The molecule has 106 valence electrons. The minimum atomic E-state index is -3.81. The van der Waals surface area contributed by atoms with Gasteiger partial charge in [-0.2, -0.15) is 0 Å². The molecule has 0 heterocycles. The quantitative estimate of drug-likeness (QED) is 0.731. The third-order valence-corrected chi connectivity index (χ3v) is 4.83. The normalized spacial score (nSPS) is 12.1. The van der Waals surface area contributed by atoms with E-state index < -0.39 is 31.7 Å². The monoisotopic (exact) mass is 306 g/mol. The molecule has 19 heavy (non-hydrogen) atoms. The van der Waals surface area contributed by atoms with Crippen molar-refractivity contribution in [1.82, 2.24) is 9.44 Å². The molecule has 0 unspecified atom stereocenters. The second-order valence-corrected chi connectivity index (χ2v) is 7.30. The van der Waals surface area contributed by atoms with Crippen molar-refractivity contribution in [3.8, 4) is 0 Å². The van der Waals surface area contributed by atoms with Gasteiger partial charge in [0.2, 0.25) is 26.0 Å². The summed E-state index contributed by atoms with van der Waals surface area (Å²) in [5.74, 6) is -1.23. The summed E-state index contributed by atoms with van der Waals surface area (Å²) >= 11 is 0. The summed E-state index contributed by atoms with van der Waals surface area (Å²) in [6, 6.07) is 7.57. The lowest BCUT2D eigenvalue weighted by Gasteiger charge is -2.07. The highest BCUT2D eigenvalue weighted by Crippen LogP contribution is 2.06. The largest absolute Gasteiger partial charge is 0.274 e. The van der Waals surface area contributed by atoms with E-state index in [1.807, 2.05) is 0 Å². The Bertz CT molecular complexity index is 638. The van der Waals surface area contributed by atoms with E-state index in [4.69, 9.17) is 0 Å². The van der Waals surface area contributed by atoms with Crippen molar-refractivity contribution in [2.45, 2.75) is 11.8 Å². The maximum Gasteiger partial charge on any atom is 0.240 e. The molecule has 0 radical (unpaired) electrons. The molecule has 0 bridgehead atoms. The Labute approximate surface area is 112 Å². The molecule has 7 nitrogen and oxygen atoms in total. The third-order valence-electron chi connectivity index (χ3n) is 2.02. The zero-order valence-corrected chi connectivity index (χ0v) is 11.8. The Morgan fingerprint density at radius 3 is 2.21 bits per heavy atom. The molecule has 0 atom stereocenters. The van der Waals surface area contributed by atoms with Gasteiger partial charge in [0.15, 0.2) is 0 Å². The average molecular weight is 306 g/mol. The first-order valence-electron chi connectivity index (χ1n) is 5.29. The lowest BCUT2D eigenvalue weighted by molar-refractivity contribution is -0.117. The molecule has 2 N–H and O–H groups in total. The van der Waals surface area contributed by atoms with Crippen molar-refractivity contribution < 1.29 is 21.6 Å². The van der Waals surface area contributed by atoms with Crippen LogP contribution in [0.15, 0.2) is 35.2 Å². The van der Waals surface area contributed by atoms with Crippen LogP contribution in [-0.2, 0) is 24.8 Å². The van der Waals surface area contributed by atoms with Crippen molar-refractivity contribution in [1.29, 1.82) is 0 Å². The lowest BCUT2D eigenvalue weighted by Crippen LogP contribution is -2.36. The van der Waals surface area contributed by atoms with Gasteiger partial charge in [-0.05, 0) is 12.1 Å². The fourth-order valence-corrected chi connectivity index (χ4v) is 3.36. The predicted octanol–water partition coefficient (Wildman–Crippen LogP) is -0.569. The summed E-state index contributed by atoms with van der Waals surface area (Å²) in [5.41, 5.74) is 0. The molecular weight excluding hydrogens is 292 g/mol. The summed E-state index contributed by atoms with van der Waals surface area (Å²) in [5, 5.41) is 0. The first kappa shape index (κ1) is 15.6. The van der Waals surface area contributed by atoms with Crippen LogP contribution in [0.1, 0.15) is 6.92 Å². The smallest absolute Gasteiger partial charge is 0.240 e. The van der Waals surface area contributed by atoms with E-state index in [1.54, 1.807) is 22.9 Å². The van der Waals surface area contributed by atoms with Gasteiger partial charge >= 0.3 is 0 Å². The molecule has 0 saturated carbocycles. The average Bonchev–Trinajstić information content (AvgIpc) is 2.27. The SMILES string of the molecule is CC(=O)NS(=O)(=O)CCNS(=O)(=O)c1ccccc1. The molecule has 0 saturated heterocycles. The van der Waals surface area contributed by atoms with Gasteiger partial charge < -0.3 is 0 Å². The fourth-order valence-electron chi connectivity index (χ4n) is 1.26. The van der Waals surface area contributed by atoms with Crippen LogP contribution < -0.4 is 9.44 Å². The van der Waals surface area contributed by atoms with E-state index in [0.29, 0.717) is 0 Å². The van der Waals surface area contributed by atoms with E-state index >= 15 is 0 Å². The van der Waals surface area contributed by atoms with Crippen LogP contribution in [0.25, 0.3) is 0 Å². The Hall–Kier alpha value is -1.45. The number of hydrogen-bond acceptors (Lipinski definition) is 5. The molecule has 0 aliphatic rings. The van der Waals surface area contributed by atoms with E-state index in [9.17, 15) is 21.6 Å². The maximum atomic E-state index is 11.7. The topological polar surface area (TPSA) is 109 Å². The van der Waals surface area contributed by atoms with Crippen LogP contribution in [0.5, 0.6) is 0 Å². The van der Waals surface area contributed by atoms with Crippen molar-refractivity contribution >= 4 is 26.0 Å². The number of carbonyl (C=O) groups is 1. The van der Waals surface area contributed by atoms with Gasteiger partial charge in [0.05, 0.1) is 10.6 Å². The van der Waals surface area contributed by atoms with Crippen LogP contribution in [0.3, 0.4) is 0 Å². The van der Waals surface area contributed by atoms with E-state index in [-0.39, 0.29) is 11.4 Å². The summed E-state index contributed by atoms with van der Waals surface area (Å²) < 4.78 is 50.0. The zero-order valence-electron chi connectivity index (χ0n) is 10.2. The first-order chi connectivity index (χ1) is 8.73. The van der Waals surface area contributed by atoms with Gasteiger partial charge in [-0.15, -0.1) is 0 Å². The van der Waals surface area contributed by atoms with Crippen molar-refractivity contribution in [2.75, 3.05) is 12.3 Å². The maximum absolute atomic E-state index is 11.7. The van der Waals surface area contributed by atoms with Crippen LogP contribution in [-0.4, -0.2) is 35.0 Å². The van der Waals surface area contributed by atoms with Crippen LogP contribution in [0.4, 0.5) is 0 Å². The molecule has 1 aromatic carbocycles. The minimum absolute atomic E-state index is 0.0481. The highest BCUT2D eigenvalue weighted by Gasteiger charge is 2.16. The Morgan fingerprint density at radius 1 is 1.11 bits per heavy atom. The van der Waals surface area contributed by atoms with E-state index in [2.05, 4.69) is 4.72 Å². The number of benzene rings is 1. The van der Waals surface area contributed by atoms with Gasteiger partial charge in [0.1, 0.15) is 0 Å². The van der Waals surface area contributed by atoms with Crippen LogP contribution >= 0.6 is 0 Å². The molecule has 0 fully saturated rings. The van der Waals surface area contributed by atoms with Crippen LogP contribution in [0, 0.1) is 0 Å². The number of rotatable bonds is 6. The fraction of sp³-hybridized carbons (Fsp3) is 0.300. The van der Waals surface area contributed by atoms with Crippen LogP contribution in [0.2, 0.25) is 0 Å². The summed E-state index contributed by atoms with van der Waals surface area (Å²) in [6.07, 6.45) is 0. The Kier molecular flexibility index (Phi) is 5.04. The van der Waals surface area contributed by atoms with Gasteiger partial charge in [0, 0.05) is 13.5 Å². The number of sulfonamides is 2. The molecule has 9 heteroatoms. The van der Waals surface area contributed by atoms with Gasteiger partial charge in [-0.3, -0.25) is 9.52 Å². The molecule has 0 spiro atoms. The first-order valence-corrected chi connectivity index (χ1v) is 8.42. The molecule has 1 amide bonds. The zero-order chi connectivity index (χ0) is 14.5. The predicted molar refractivity (Wildman–Crippen MR) is 69.2 cm³/mol. The van der Waals surface area contributed by atoms with Gasteiger partial charge in [0.25, 0.3) is 0 Å². The number of amides is 1. The van der Waals surface area contributed by atoms with Gasteiger partial charge in [-0.25, -0.2) is 21.6 Å². The molecule has 0 aliphatic heterocycles. The standard InChI is InChI=1S/C10H14N2O5S2/c1-9(13)12-18(14,15)8-7-11-19(16,17)10-5-3-2-4-6-10/h2-6,11H,7-8H2,1H3,(H,12,13). The third kappa shape index (κ3) is 5.37. The number of hydrogen-bond donors (Lipinski definition) is 2. The summed E-state index contributed by atoms with van der Waals surface area (Å²) in [4.78, 5) is 10.7. The number of carbonyl (C=O) groups excluding carboxylic acids is 1. The van der Waals surface area contributed by atoms with Crippen molar-refractivity contribution in [2.24, 2.45) is 0 Å². The number of nitrogens with one attached hydrogen (secondary N) is 2. The highest BCUT2D eigenvalue weighted by molar-refractivity contribution is 7.90.